The summed E-state index contributed by atoms with van der Waals surface area (Å²) in [5, 5.41) is 10.7. The van der Waals surface area contributed by atoms with Crippen molar-refractivity contribution in [1.29, 1.82) is 0 Å². The molecule has 0 nitrogen and oxygen atoms in total. The predicted molar refractivity (Wildman–Crippen MR) is 225 cm³/mol. The molecule has 3 heteroatoms. The fraction of sp³-hybridized carbons (Fsp3) is 0.188. The van der Waals surface area contributed by atoms with Crippen LogP contribution >= 0.6 is 17.0 Å². The van der Waals surface area contributed by atoms with Crippen LogP contribution in [0.1, 0.15) is 68.7 Å². The molecule has 8 aromatic rings. The van der Waals surface area contributed by atoms with E-state index in [1.807, 2.05) is 0 Å². The van der Waals surface area contributed by atoms with E-state index in [1.165, 1.54) is 87.6 Å². The third kappa shape index (κ3) is 8.77. The summed E-state index contributed by atoms with van der Waals surface area (Å²) in [4.78, 5) is 0. The van der Waals surface area contributed by atoms with Crippen molar-refractivity contribution in [3.8, 4) is 22.3 Å². The summed E-state index contributed by atoms with van der Waals surface area (Å²) in [7, 11) is 9.87. The van der Waals surface area contributed by atoms with Gasteiger partial charge in [-0.3, -0.25) is 0 Å². The van der Waals surface area contributed by atoms with Crippen molar-refractivity contribution in [1.82, 2.24) is 0 Å². The first-order valence-corrected chi connectivity index (χ1v) is 24.1. The molecule has 0 N–H and O–H groups in total. The van der Waals surface area contributed by atoms with Crippen LogP contribution in [0.2, 0.25) is 0 Å². The molecule has 0 radical (unpaired) electrons. The molecule has 0 saturated heterocycles. The molecule has 8 rings (SSSR count). The van der Waals surface area contributed by atoms with Gasteiger partial charge in [-0.2, -0.15) is 19.1 Å². The van der Waals surface area contributed by atoms with E-state index in [2.05, 4.69) is 182 Å². The van der Waals surface area contributed by atoms with Crippen molar-refractivity contribution in [3.63, 3.8) is 0 Å². The Morgan fingerprint density at radius 1 is 0.490 bits per heavy atom. The van der Waals surface area contributed by atoms with Gasteiger partial charge in [0.15, 0.2) is 0 Å². The average molecular weight is 786 g/mol. The van der Waals surface area contributed by atoms with Gasteiger partial charge >= 0.3 is 37.9 Å². The molecule has 0 heterocycles. The summed E-state index contributed by atoms with van der Waals surface area (Å²) in [6.07, 6.45) is 0. The Bertz CT molecular complexity index is 2200. The first-order chi connectivity index (χ1) is 24.7. The van der Waals surface area contributed by atoms with Gasteiger partial charge in [-0.05, 0) is 56.6 Å². The topological polar surface area (TPSA) is 0 Å². The Labute approximate surface area is 323 Å². The fourth-order valence-electron chi connectivity index (χ4n) is 6.82. The van der Waals surface area contributed by atoms with Gasteiger partial charge in [0.1, 0.15) is 0 Å². The van der Waals surface area contributed by atoms with Crippen molar-refractivity contribution >= 4 is 60.1 Å². The molecule has 0 saturated carbocycles. The van der Waals surface area contributed by atoms with Gasteiger partial charge in [0.2, 0.25) is 0 Å². The second-order valence-corrected chi connectivity index (χ2v) is 17.3. The van der Waals surface area contributed by atoms with Crippen LogP contribution in [0.5, 0.6) is 0 Å². The van der Waals surface area contributed by atoms with E-state index in [9.17, 15) is 0 Å². The summed E-state index contributed by atoms with van der Waals surface area (Å²) in [6, 6.07) is 49.2. The molecule has 0 bridgehead atoms. The van der Waals surface area contributed by atoms with E-state index < -0.39 is 20.8 Å². The molecule has 0 amide bonds. The van der Waals surface area contributed by atoms with E-state index in [-0.39, 0.29) is 0 Å². The van der Waals surface area contributed by atoms with Gasteiger partial charge in [0, 0.05) is 0 Å². The zero-order chi connectivity index (χ0) is 36.7. The quantitative estimate of drug-likeness (QED) is 0.156. The Morgan fingerprint density at radius 3 is 1.20 bits per heavy atom. The first kappa shape index (κ1) is 38.7. The van der Waals surface area contributed by atoms with Crippen LogP contribution in [-0.4, -0.2) is 0 Å². The molecule has 8 aromatic carbocycles. The molecule has 0 unspecified atom stereocenters. The average Bonchev–Trinajstić information content (AvgIpc) is 3.81. The summed E-state index contributed by atoms with van der Waals surface area (Å²) >= 11 is -0.826. The predicted octanol–water partition coefficient (Wildman–Crippen LogP) is 15.8. The molecule has 0 fully saturated rings. The zero-order valence-electron chi connectivity index (χ0n) is 30.8. The van der Waals surface area contributed by atoms with Gasteiger partial charge in [-0.25, -0.2) is 0 Å². The van der Waals surface area contributed by atoms with E-state index in [0.717, 1.165) is 0 Å². The van der Waals surface area contributed by atoms with Crippen molar-refractivity contribution in [3.05, 3.63) is 163 Å². The number of hydrogen-bond acceptors (Lipinski definition) is 0. The Morgan fingerprint density at radius 2 is 0.843 bits per heavy atom. The number of aryl methyl sites for hydroxylation is 2. The molecule has 260 valence electrons. The Balaban J connectivity index is 0.000000176. The normalized spacial score (nSPS) is 10.9. The van der Waals surface area contributed by atoms with Crippen LogP contribution in [0.4, 0.5) is 0 Å². The van der Waals surface area contributed by atoms with Gasteiger partial charge in [-0.1, -0.05) is 138 Å². The van der Waals surface area contributed by atoms with Crippen LogP contribution in [0.15, 0.2) is 133 Å². The van der Waals surface area contributed by atoms with Crippen LogP contribution in [0.3, 0.4) is 0 Å². The monoisotopic (exact) mass is 783 g/mol. The van der Waals surface area contributed by atoms with Gasteiger partial charge < -0.3 is 6.92 Å². The SMILES string of the molecule is Cc1ccc(-c2ccc3ccccc3c2)c2cc(C(C)C)[cH-]c12.Cc1ccc(-c2ccc3ccccc3c2)c2cc(C(C)C)[cH-]c12.[CH2-]C.[Cl][Zr][Cl]. The van der Waals surface area contributed by atoms with E-state index in [1.54, 1.807) is 6.92 Å². The zero-order valence-corrected chi connectivity index (χ0v) is 34.8. The second kappa shape index (κ2) is 17.8. The number of hydrogen-bond donors (Lipinski definition) is 0. The maximum absolute atomic E-state index is 4.93. The van der Waals surface area contributed by atoms with Crippen LogP contribution in [0, 0.1) is 20.8 Å². The Hall–Kier alpha value is -3.48. The minimum atomic E-state index is -0.826. The van der Waals surface area contributed by atoms with Crippen molar-refractivity contribution < 1.29 is 20.8 Å². The standard InChI is InChI=1S/2C23H21.C2H5.2ClH.Zr/c2*1-15(2)20-13-22-16(3)8-11-21(23(22)14-20)19-10-9-17-6-4-5-7-18(17)12-19;1-2;;;/h2*4-15H,1-3H3;1H2,2H3;2*1H;/q3*-1;;;+2/p-2. The molecule has 51 heavy (non-hydrogen) atoms. The summed E-state index contributed by atoms with van der Waals surface area (Å²) in [5.74, 6) is 1.12. The number of rotatable bonds is 4. The molecule has 0 atom stereocenters. The number of fused-ring (bicyclic) bond motifs is 4. The summed E-state index contributed by atoms with van der Waals surface area (Å²) < 4.78 is 0. The molecule has 0 aromatic heterocycles. The molecule has 0 aliphatic carbocycles. The van der Waals surface area contributed by atoms with Crippen LogP contribution < -0.4 is 0 Å². The van der Waals surface area contributed by atoms with Crippen LogP contribution in [-0.2, 0) is 20.8 Å². The number of halogens is 2. The van der Waals surface area contributed by atoms with Gasteiger partial charge in [0.05, 0.1) is 0 Å². The third-order valence-corrected chi connectivity index (χ3v) is 9.71. The minimum absolute atomic E-state index is 0.561. The van der Waals surface area contributed by atoms with Crippen LogP contribution in [0.25, 0.3) is 65.3 Å². The summed E-state index contributed by atoms with van der Waals surface area (Å²) in [6.45, 7) is 18.5. The van der Waals surface area contributed by atoms with E-state index in [4.69, 9.17) is 17.0 Å². The molecule has 0 spiro atoms. The Kier molecular flexibility index (Phi) is 13.6. The van der Waals surface area contributed by atoms with Crippen molar-refractivity contribution in [2.45, 2.75) is 60.3 Å². The fourth-order valence-corrected chi connectivity index (χ4v) is 6.82. The molecular weight excluding hydrogens is 739 g/mol. The first-order valence-electron chi connectivity index (χ1n) is 17.7. The molecule has 0 aliphatic rings. The van der Waals surface area contributed by atoms with Gasteiger partial charge in [0.25, 0.3) is 0 Å². The summed E-state index contributed by atoms with van der Waals surface area (Å²) in [5.41, 5.74) is 10.8. The maximum atomic E-state index is 4.93. The number of benzene rings is 6. The molecular formula is C48H47Cl2Zr-3. The van der Waals surface area contributed by atoms with Gasteiger partial charge in [-0.15, -0.1) is 68.1 Å². The third-order valence-electron chi connectivity index (χ3n) is 9.71. The van der Waals surface area contributed by atoms with Crippen molar-refractivity contribution in [2.75, 3.05) is 0 Å². The van der Waals surface area contributed by atoms with E-state index >= 15 is 0 Å². The van der Waals surface area contributed by atoms with Crippen molar-refractivity contribution in [2.24, 2.45) is 0 Å². The second-order valence-electron chi connectivity index (χ2n) is 13.6. The van der Waals surface area contributed by atoms with E-state index in [0.29, 0.717) is 11.8 Å². The molecule has 0 aliphatic heterocycles.